The van der Waals surface area contributed by atoms with E-state index in [1.807, 2.05) is 0 Å². The third-order valence-corrected chi connectivity index (χ3v) is 4.93. The molecule has 1 unspecified atom stereocenters. The Kier molecular flexibility index (Phi) is 4.49. The normalized spacial score (nSPS) is 39.8. The molecule has 5 atom stereocenters. The monoisotopic (exact) mass is 379 g/mol. The molecule has 2 saturated heterocycles. The van der Waals surface area contributed by atoms with Gasteiger partial charge >= 0.3 is 7.82 Å². The van der Waals surface area contributed by atoms with Crippen molar-refractivity contribution in [2.24, 2.45) is 10.7 Å². The smallest absolute Gasteiger partial charge is 0.390 e. The minimum Gasteiger partial charge on any atom is -0.390 e. The van der Waals surface area contributed by atoms with Gasteiger partial charge in [-0.3, -0.25) is 13.8 Å². The van der Waals surface area contributed by atoms with Gasteiger partial charge in [-0.2, -0.15) is 0 Å². The van der Waals surface area contributed by atoms with Crippen molar-refractivity contribution < 1.29 is 38.3 Å². The van der Waals surface area contributed by atoms with Crippen molar-refractivity contribution in [1.82, 2.24) is 16.0 Å². The van der Waals surface area contributed by atoms with E-state index in [2.05, 4.69) is 25.5 Å². The molecule has 0 saturated carbocycles. The lowest BCUT2D eigenvalue weighted by molar-refractivity contribution is -0.327. The molecule has 0 aromatic rings. The summed E-state index contributed by atoms with van der Waals surface area (Å²) in [6, 6.07) is -1.32. The van der Waals surface area contributed by atoms with Gasteiger partial charge in [-0.25, -0.2) is 9.56 Å². The summed E-state index contributed by atoms with van der Waals surface area (Å²) < 4.78 is 26.6. The summed E-state index contributed by atoms with van der Waals surface area (Å²) in [5.74, 6) is -3.26. The molecule has 0 aliphatic carbocycles. The third kappa shape index (κ3) is 3.11. The predicted octanol–water partition coefficient (Wildman–Crippen LogP) is -3.63. The zero-order valence-electron chi connectivity index (χ0n) is 12.9. The summed E-state index contributed by atoms with van der Waals surface area (Å²) in [5, 5.41) is 28.8. The minimum absolute atomic E-state index is 0.0165. The van der Waals surface area contributed by atoms with Crippen molar-refractivity contribution >= 4 is 20.1 Å². The second kappa shape index (κ2) is 6.21. The highest BCUT2D eigenvalue weighted by Gasteiger charge is 2.61. The number of aliphatic imine (C=N–C) groups is 1. The van der Waals surface area contributed by atoms with Crippen LogP contribution >= 0.6 is 7.82 Å². The molecule has 1 amide bonds. The Morgan fingerprint density at radius 1 is 1.52 bits per heavy atom. The molecule has 13 nitrogen and oxygen atoms in total. The van der Waals surface area contributed by atoms with Crippen LogP contribution in [0.15, 0.2) is 16.5 Å². The molecule has 0 aromatic heterocycles. The van der Waals surface area contributed by atoms with Gasteiger partial charge in [0.05, 0.1) is 12.9 Å². The van der Waals surface area contributed by atoms with Crippen LogP contribution in [-0.2, 0) is 23.1 Å². The molecule has 0 spiro atoms. The first-order chi connectivity index (χ1) is 11.7. The van der Waals surface area contributed by atoms with Crippen LogP contribution in [0.3, 0.4) is 0 Å². The number of phosphoric ester groups is 1. The average Bonchev–Trinajstić information content (AvgIpc) is 2.55. The molecule has 0 radical (unpaired) electrons. The molecule has 3 rings (SSSR count). The number of carbonyl (C=O) groups excluding carboxylic acids is 1. The van der Waals surface area contributed by atoms with Crippen LogP contribution in [0.2, 0.25) is 0 Å². The molecule has 3 aliphatic rings. The fourth-order valence-electron chi connectivity index (χ4n) is 2.83. The lowest BCUT2D eigenvalue weighted by Crippen LogP contribution is -2.76. The van der Waals surface area contributed by atoms with Crippen molar-refractivity contribution in [2.45, 2.75) is 30.3 Å². The number of phosphoric acid groups is 1. The molecule has 2 fully saturated rings. The summed E-state index contributed by atoms with van der Waals surface area (Å²) >= 11 is 0. The first-order valence-electron chi connectivity index (χ1n) is 7.19. The van der Waals surface area contributed by atoms with E-state index >= 15 is 0 Å². The fourth-order valence-corrected chi connectivity index (χ4v) is 3.80. The Morgan fingerprint density at radius 2 is 2.24 bits per heavy atom. The van der Waals surface area contributed by atoms with E-state index < -0.39 is 50.6 Å². The highest BCUT2D eigenvalue weighted by Crippen LogP contribution is 2.52. The second-order valence-corrected chi connectivity index (χ2v) is 6.92. The fraction of sp³-hybridized carbons (Fsp3) is 0.636. The summed E-state index contributed by atoms with van der Waals surface area (Å²) in [4.78, 5) is 25.2. The Labute approximate surface area is 141 Å². The van der Waals surface area contributed by atoms with Gasteiger partial charge in [-0.05, 0) is 0 Å². The first kappa shape index (κ1) is 18.1. The molecule has 25 heavy (non-hydrogen) atoms. The van der Waals surface area contributed by atoms with Gasteiger partial charge in [0, 0.05) is 7.05 Å². The number of carbonyl (C=O) groups is 1. The summed E-state index contributed by atoms with van der Waals surface area (Å²) in [5.41, 5.74) is 5.13. The maximum Gasteiger partial charge on any atom is 0.472 e. The zero-order chi connectivity index (χ0) is 18.4. The van der Waals surface area contributed by atoms with E-state index in [1.165, 1.54) is 7.05 Å². The number of amides is 1. The molecule has 0 aromatic carbocycles. The van der Waals surface area contributed by atoms with E-state index in [0.29, 0.717) is 0 Å². The van der Waals surface area contributed by atoms with Gasteiger partial charge in [0.25, 0.3) is 5.91 Å². The van der Waals surface area contributed by atoms with Crippen LogP contribution in [0.25, 0.3) is 0 Å². The molecule has 0 bridgehead atoms. The van der Waals surface area contributed by atoms with Crippen molar-refractivity contribution in [3.05, 3.63) is 11.5 Å². The molecule has 140 valence electrons. The Balaban J connectivity index is 1.96. The van der Waals surface area contributed by atoms with Gasteiger partial charge in [0.1, 0.15) is 17.8 Å². The number of hydrogen-bond acceptors (Lipinski definition) is 10. The number of hydrogen-bond donors (Lipinski definition) is 7. The first-order valence-corrected chi connectivity index (χ1v) is 8.69. The zero-order valence-corrected chi connectivity index (χ0v) is 13.8. The standard InChI is InChI=1S/C11H18N5O8P/c1-13-9(17)5-8(14-3-12)16-10-6(15-5)11(18,19)7-4(23-10)2-22-25(20,21)24-7/h3-4,6-7,10,15-16,18-19H,2H2,1H3,(H2,12,14)(H,13,17)(H,20,21)/t4-,6-,7+,10-/m1/s1. The summed E-state index contributed by atoms with van der Waals surface area (Å²) in [6.45, 7) is -0.395. The van der Waals surface area contributed by atoms with Crippen LogP contribution in [0.4, 0.5) is 0 Å². The molecule has 8 N–H and O–H groups in total. The number of rotatable bonds is 2. The topological polar surface area (TPSA) is 197 Å². The number of aliphatic hydroxyl groups is 2. The number of nitrogens with zero attached hydrogens (tertiary/aromatic N) is 1. The molecule has 14 heteroatoms. The Bertz CT molecular complexity index is 681. The van der Waals surface area contributed by atoms with E-state index in [-0.39, 0.29) is 11.5 Å². The van der Waals surface area contributed by atoms with E-state index in [0.717, 1.165) is 6.34 Å². The third-order valence-electron chi connectivity index (χ3n) is 3.96. The lowest BCUT2D eigenvalue weighted by atomic mass is 9.90. The highest BCUT2D eigenvalue weighted by molar-refractivity contribution is 7.47. The largest absolute Gasteiger partial charge is 0.472 e. The quantitative estimate of drug-likeness (QED) is 0.108. The van der Waals surface area contributed by atoms with Crippen LogP contribution < -0.4 is 21.7 Å². The van der Waals surface area contributed by atoms with E-state index in [9.17, 15) is 24.5 Å². The van der Waals surface area contributed by atoms with Crippen LogP contribution in [0.1, 0.15) is 0 Å². The van der Waals surface area contributed by atoms with Gasteiger partial charge in [0.2, 0.25) is 5.79 Å². The van der Waals surface area contributed by atoms with Crippen molar-refractivity contribution in [2.75, 3.05) is 13.7 Å². The average molecular weight is 379 g/mol. The maximum atomic E-state index is 12.0. The number of ether oxygens (including phenoxy) is 1. The van der Waals surface area contributed by atoms with Gasteiger partial charge in [0.15, 0.2) is 18.2 Å². The van der Waals surface area contributed by atoms with E-state index in [4.69, 9.17) is 15.0 Å². The SMILES string of the molecule is CNC(=O)C1=C(/N=C/N)N[C@@H]2O[C@@H]3COP(=O)(O)O[C@@H]3C(O)(O)[C@@H]2N1. The summed E-state index contributed by atoms with van der Waals surface area (Å²) in [7, 11) is -3.08. The second-order valence-electron chi connectivity index (χ2n) is 5.52. The maximum absolute atomic E-state index is 12.0. The van der Waals surface area contributed by atoms with Crippen molar-refractivity contribution in [3.8, 4) is 0 Å². The Morgan fingerprint density at radius 3 is 2.88 bits per heavy atom. The van der Waals surface area contributed by atoms with Gasteiger partial charge in [-0.15, -0.1) is 0 Å². The Hall–Kier alpha value is -1.73. The highest BCUT2D eigenvalue weighted by atomic mass is 31.2. The number of likely N-dealkylation sites (N-methyl/N-ethyl adjacent to an activating group) is 1. The number of nitrogens with two attached hydrogens (primary N) is 1. The van der Waals surface area contributed by atoms with Gasteiger partial charge < -0.3 is 41.5 Å². The van der Waals surface area contributed by atoms with Gasteiger partial charge in [-0.1, -0.05) is 0 Å². The lowest BCUT2D eigenvalue weighted by Gasteiger charge is -2.52. The van der Waals surface area contributed by atoms with Crippen LogP contribution in [0, 0.1) is 0 Å². The number of fused-ring (bicyclic) bond motifs is 2. The van der Waals surface area contributed by atoms with Crippen LogP contribution in [-0.4, -0.2) is 71.3 Å². The van der Waals surface area contributed by atoms with Crippen molar-refractivity contribution in [1.29, 1.82) is 0 Å². The minimum atomic E-state index is -4.45. The molecular formula is C11H18N5O8P. The molecule has 3 aliphatic heterocycles. The van der Waals surface area contributed by atoms with E-state index in [1.54, 1.807) is 0 Å². The summed E-state index contributed by atoms with van der Waals surface area (Å²) in [6.07, 6.45) is -2.76. The van der Waals surface area contributed by atoms with Crippen LogP contribution in [0.5, 0.6) is 0 Å². The predicted molar refractivity (Wildman–Crippen MR) is 80.3 cm³/mol. The molecular weight excluding hydrogens is 361 g/mol. The molecule has 3 heterocycles. The number of nitrogens with one attached hydrogen (secondary N) is 3. The van der Waals surface area contributed by atoms with Crippen molar-refractivity contribution in [3.63, 3.8) is 0 Å².